The summed E-state index contributed by atoms with van der Waals surface area (Å²) in [5, 5.41) is 2.62. The molecule has 1 N–H and O–H groups in total. The first-order chi connectivity index (χ1) is 14.4. The van der Waals surface area contributed by atoms with E-state index in [1.807, 2.05) is 26.8 Å². The Balaban J connectivity index is 2.04. The molecule has 0 heterocycles. The van der Waals surface area contributed by atoms with Gasteiger partial charge in [-0.25, -0.2) is 13.2 Å². The van der Waals surface area contributed by atoms with Crippen molar-refractivity contribution in [3.63, 3.8) is 0 Å². The van der Waals surface area contributed by atoms with E-state index in [2.05, 4.69) is 5.32 Å². The molecule has 31 heavy (non-hydrogen) atoms. The third kappa shape index (κ3) is 6.00. The SMILES string of the molecule is COc1ccc(C(C)(C)C)cc1NC(=O)COC(=O)c1ccc(S(=O)(=O)C(F)F)cc1. The van der Waals surface area contributed by atoms with Gasteiger partial charge >= 0.3 is 11.7 Å². The van der Waals surface area contributed by atoms with E-state index in [4.69, 9.17) is 9.47 Å². The number of halogens is 2. The number of sulfone groups is 1. The van der Waals surface area contributed by atoms with Crippen LogP contribution >= 0.6 is 0 Å². The van der Waals surface area contributed by atoms with Crippen LogP contribution in [0.5, 0.6) is 5.75 Å². The summed E-state index contributed by atoms with van der Waals surface area (Å²) in [4.78, 5) is 23.7. The number of rotatable bonds is 7. The maximum atomic E-state index is 12.6. The van der Waals surface area contributed by atoms with Gasteiger partial charge in [-0.15, -0.1) is 0 Å². The van der Waals surface area contributed by atoms with E-state index in [-0.39, 0.29) is 11.0 Å². The molecule has 1 amide bonds. The summed E-state index contributed by atoms with van der Waals surface area (Å²) in [5.41, 5.74) is 1.12. The smallest absolute Gasteiger partial charge is 0.341 e. The lowest BCUT2D eigenvalue weighted by Gasteiger charge is -2.21. The number of hydrogen-bond acceptors (Lipinski definition) is 6. The van der Waals surface area contributed by atoms with Gasteiger partial charge in [-0.2, -0.15) is 8.78 Å². The summed E-state index contributed by atoms with van der Waals surface area (Å²) in [6, 6.07) is 9.18. The lowest BCUT2D eigenvalue weighted by molar-refractivity contribution is -0.119. The molecule has 0 fully saturated rings. The molecule has 0 aromatic heterocycles. The van der Waals surface area contributed by atoms with Crippen LogP contribution in [0.15, 0.2) is 47.4 Å². The summed E-state index contributed by atoms with van der Waals surface area (Å²) < 4.78 is 58.1. The van der Waals surface area contributed by atoms with Gasteiger partial charge in [-0.3, -0.25) is 4.79 Å². The third-order valence-corrected chi connectivity index (χ3v) is 5.73. The second-order valence-corrected chi connectivity index (χ2v) is 9.54. The Labute approximate surface area is 179 Å². The fourth-order valence-electron chi connectivity index (χ4n) is 2.56. The molecule has 0 aliphatic rings. The number of alkyl halides is 2. The van der Waals surface area contributed by atoms with Crippen LogP contribution in [-0.2, 0) is 24.8 Å². The highest BCUT2D eigenvalue weighted by Crippen LogP contribution is 2.31. The molecule has 2 aromatic rings. The Morgan fingerprint density at radius 3 is 2.19 bits per heavy atom. The predicted molar refractivity (Wildman–Crippen MR) is 110 cm³/mol. The highest BCUT2D eigenvalue weighted by molar-refractivity contribution is 7.91. The molecule has 0 bridgehead atoms. The quantitative estimate of drug-likeness (QED) is 0.638. The second-order valence-electron chi connectivity index (χ2n) is 7.62. The molecular weight excluding hydrogens is 432 g/mol. The van der Waals surface area contributed by atoms with Crippen LogP contribution in [0, 0.1) is 0 Å². The van der Waals surface area contributed by atoms with Crippen molar-refractivity contribution in [1.82, 2.24) is 0 Å². The van der Waals surface area contributed by atoms with Gasteiger partial charge in [0.15, 0.2) is 6.61 Å². The van der Waals surface area contributed by atoms with Crippen LogP contribution in [0.3, 0.4) is 0 Å². The Morgan fingerprint density at radius 2 is 1.68 bits per heavy atom. The summed E-state index contributed by atoms with van der Waals surface area (Å²) >= 11 is 0. The largest absolute Gasteiger partial charge is 0.495 e. The predicted octanol–water partition coefficient (Wildman–Crippen LogP) is 3.78. The number of carbonyl (C=O) groups is 2. The fourth-order valence-corrected chi connectivity index (χ4v) is 3.28. The van der Waals surface area contributed by atoms with Gasteiger partial charge in [-0.1, -0.05) is 26.8 Å². The van der Waals surface area contributed by atoms with Crippen molar-refractivity contribution in [1.29, 1.82) is 0 Å². The van der Waals surface area contributed by atoms with Crippen molar-refractivity contribution >= 4 is 27.4 Å². The molecule has 0 saturated carbocycles. The summed E-state index contributed by atoms with van der Waals surface area (Å²) in [7, 11) is -3.30. The lowest BCUT2D eigenvalue weighted by Crippen LogP contribution is -2.22. The van der Waals surface area contributed by atoms with E-state index in [0.29, 0.717) is 11.4 Å². The van der Waals surface area contributed by atoms with E-state index in [1.165, 1.54) is 7.11 Å². The number of nitrogens with one attached hydrogen (secondary N) is 1. The van der Waals surface area contributed by atoms with Crippen molar-refractivity contribution < 1.29 is 36.3 Å². The van der Waals surface area contributed by atoms with Crippen molar-refractivity contribution in [3.05, 3.63) is 53.6 Å². The number of esters is 1. The van der Waals surface area contributed by atoms with Gasteiger partial charge in [0, 0.05) is 0 Å². The minimum atomic E-state index is -4.76. The summed E-state index contributed by atoms with van der Waals surface area (Å²) in [6.07, 6.45) is 0. The number of ether oxygens (including phenoxy) is 2. The molecule has 0 atom stereocenters. The normalized spacial score (nSPS) is 11.8. The molecular formula is C21H23F2NO6S. The van der Waals surface area contributed by atoms with Crippen LogP contribution in [0.1, 0.15) is 36.7 Å². The maximum Gasteiger partial charge on any atom is 0.341 e. The first-order valence-corrected chi connectivity index (χ1v) is 10.7. The number of anilines is 1. The first kappa shape index (κ1) is 24.3. The van der Waals surface area contributed by atoms with Crippen molar-refractivity contribution in [2.24, 2.45) is 0 Å². The van der Waals surface area contributed by atoms with E-state index in [1.54, 1.807) is 12.1 Å². The zero-order chi connectivity index (χ0) is 23.4. The summed E-state index contributed by atoms with van der Waals surface area (Å²) in [5.74, 6) is -4.66. The number of methoxy groups -OCH3 is 1. The minimum Gasteiger partial charge on any atom is -0.495 e. The number of hydrogen-bond donors (Lipinski definition) is 1. The third-order valence-electron chi connectivity index (χ3n) is 4.33. The molecule has 7 nitrogen and oxygen atoms in total. The van der Waals surface area contributed by atoms with Crippen molar-refractivity contribution in [2.75, 3.05) is 19.0 Å². The van der Waals surface area contributed by atoms with Crippen LogP contribution in [0.2, 0.25) is 0 Å². The highest BCUT2D eigenvalue weighted by atomic mass is 32.2. The second kappa shape index (κ2) is 9.42. The Kier molecular flexibility index (Phi) is 7.37. The molecule has 168 valence electrons. The van der Waals surface area contributed by atoms with Crippen LogP contribution in [0.4, 0.5) is 14.5 Å². The molecule has 0 unspecified atom stereocenters. The van der Waals surface area contributed by atoms with Gasteiger partial charge in [0.05, 0.1) is 23.3 Å². The van der Waals surface area contributed by atoms with Crippen molar-refractivity contribution in [2.45, 2.75) is 36.8 Å². The fraction of sp³-hybridized carbons (Fsp3) is 0.333. The molecule has 10 heteroatoms. The molecule has 0 aliphatic heterocycles. The molecule has 2 rings (SSSR count). The van der Waals surface area contributed by atoms with Gasteiger partial charge in [0.25, 0.3) is 5.91 Å². The van der Waals surface area contributed by atoms with Gasteiger partial charge in [-0.05, 0) is 47.4 Å². The average molecular weight is 455 g/mol. The average Bonchev–Trinajstić information content (AvgIpc) is 2.71. The van der Waals surface area contributed by atoms with Crippen LogP contribution in [-0.4, -0.2) is 39.8 Å². The Bertz CT molecular complexity index is 1060. The summed E-state index contributed by atoms with van der Waals surface area (Å²) in [6.45, 7) is 5.43. The first-order valence-electron chi connectivity index (χ1n) is 9.14. The molecule has 0 saturated heterocycles. The molecule has 0 radical (unpaired) electrons. The molecule has 0 spiro atoms. The van der Waals surface area contributed by atoms with E-state index in [0.717, 1.165) is 29.8 Å². The van der Waals surface area contributed by atoms with Gasteiger partial charge in [0.2, 0.25) is 9.84 Å². The zero-order valence-electron chi connectivity index (χ0n) is 17.4. The minimum absolute atomic E-state index is 0.0895. The topological polar surface area (TPSA) is 98.8 Å². The zero-order valence-corrected chi connectivity index (χ0v) is 18.3. The van der Waals surface area contributed by atoms with E-state index < -0.39 is 39.0 Å². The van der Waals surface area contributed by atoms with Crippen LogP contribution < -0.4 is 10.1 Å². The number of amides is 1. The van der Waals surface area contributed by atoms with E-state index in [9.17, 15) is 26.8 Å². The molecule has 0 aliphatic carbocycles. The van der Waals surface area contributed by atoms with Crippen molar-refractivity contribution in [3.8, 4) is 5.75 Å². The van der Waals surface area contributed by atoms with Gasteiger partial charge in [0.1, 0.15) is 5.75 Å². The lowest BCUT2D eigenvalue weighted by atomic mass is 9.87. The highest BCUT2D eigenvalue weighted by Gasteiger charge is 2.26. The molecule has 2 aromatic carbocycles. The number of benzene rings is 2. The Hall–Kier alpha value is -3.01. The van der Waals surface area contributed by atoms with E-state index >= 15 is 0 Å². The maximum absolute atomic E-state index is 12.6. The van der Waals surface area contributed by atoms with Crippen LogP contribution in [0.25, 0.3) is 0 Å². The number of carbonyl (C=O) groups excluding carboxylic acids is 2. The van der Waals surface area contributed by atoms with Gasteiger partial charge < -0.3 is 14.8 Å². The standard InChI is InChI=1S/C21H23F2NO6S/c1-21(2,3)14-7-10-17(29-4)16(11-14)24-18(25)12-30-19(26)13-5-8-15(9-6-13)31(27,28)20(22)23/h5-11,20H,12H2,1-4H3,(H,24,25). The Morgan fingerprint density at radius 1 is 1.06 bits per heavy atom. The monoisotopic (exact) mass is 455 g/mol.